The van der Waals surface area contributed by atoms with Gasteiger partial charge in [-0.3, -0.25) is 9.04 Å². The van der Waals surface area contributed by atoms with Crippen molar-refractivity contribution in [3.05, 3.63) is 18.7 Å². The molecule has 0 aliphatic rings. The minimum absolute atomic E-state index is 1.23. The van der Waals surface area contributed by atoms with E-state index in [4.69, 9.17) is 0 Å². The Balaban J connectivity index is 2.58. The molecule has 0 aromatic carbocycles. The SMILES string of the molecule is O=S([O-])Nn1ccnc1. The standard InChI is InChI=1S/C3H5N3O2S/c7-9(8)5-6-2-1-4-3-6/h1-3,5H,(H,7,8)/p-1. The molecule has 0 aliphatic carbocycles. The Kier molecular flexibility index (Phi) is 1.81. The van der Waals surface area contributed by atoms with Crippen molar-refractivity contribution < 1.29 is 8.76 Å². The van der Waals surface area contributed by atoms with Crippen LogP contribution in [-0.4, -0.2) is 18.4 Å². The predicted octanol–water partition coefficient (Wildman–Crippen LogP) is -0.779. The van der Waals surface area contributed by atoms with Gasteiger partial charge < -0.3 is 4.55 Å². The number of nitrogens with one attached hydrogen (secondary N) is 1. The minimum Gasteiger partial charge on any atom is -0.754 e. The molecule has 0 saturated carbocycles. The maximum Gasteiger partial charge on any atom is 0.115 e. The summed E-state index contributed by atoms with van der Waals surface area (Å²) < 4.78 is 21.0. The van der Waals surface area contributed by atoms with Crippen LogP contribution in [0.5, 0.6) is 0 Å². The van der Waals surface area contributed by atoms with Crippen LogP contribution in [0.15, 0.2) is 18.7 Å². The lowest BCUT2D eigenvalue weighted by molar-refractivity contribution is 0.537. The van der Waals surface area contributed by atoms with Crippen molar-refractivity contribution in [2.24, 2.45) is 0 Å². The lowest BCUT2D eigenvalue weighted by Gasteiger charge is -2.06. The highest BCUT2D eigenvalue weighted by molar-refractivity contribution is 7.80. The van der Waals surface area contributed by atoms with Gasteiger partial charge >= 0.3 is 0 Å². The molecule has 5 nitrogen and oxygen atoms in total. The first kappa shape index (κ1) is 6.24. The Hall–Kier alpha value is -0.880. The topological polar surface area (TPSA) is 70.0 Å². The highest BCUT2D eigenvalue weighted by Gasteiger charge is 1.81. The molecular formula is C3H4N3O2S-. The molecule has 1 aromatic rings. The Morgan fingerprint density at radius 1 is 1.78 bits per heavy atom. The molecule has 0 aliphatic heterocycles. The fourth-order valence-electron chi connectivity index (χ4n) is 0.399. The summed E-state index contributed by atoms with van der Waals surface area (Å²) in [5.41, 5.74) is 0. The van der Waals surface area contributed by atoms with Crippen molar-refractivity contribution in [1.29, 1.82) is 0 Å². The number of nitrogens with zero attached hydrogens (tertiary/aromatic N) is 2. The zero-order valence-corrected chi connectivity index (χ0v) is 5.17. The summed E-state index contributed by atoms with van der Waals surface area (Å²) in [4.78, 5) is 5.66. The first-order valence-corrected chi connectivity index (χ1v) is 3.20. The Morgan fingerprint density at radius 2 is 2.56 bits per heavy atom. The zero-order valence-electron chi connectivity index (χ0n) is 4.35. The van der Waals surface area contributed by atoms with Gasteiger partial charge in [0, 0.05) is 12.4 Å². The van der Waals surface area contributed by atoms with Crippen LogP contribution in [0.3, 0.4) is 0 Å². The molecule has 0 saturated heterocycles. The average molecular weight is 146 g/mol. The van der Waals surface area contributed by atoms with E-state index in [1.807, 2.05) is 0 Å². The van der Waals surface area contributed by atoms with E-state index < -0.39 is 11.3 Å². The lowest BCUT2D eigenvalue weighted by Crippen LogP contribution is -2.14. The van der Waals surface area contributed by atoms with Gasteiger partial charge in [0.1, 0.15) is 6.33 Å². The summed E-state index contributed by atoms with van der Waals surface area (Å²) in [5.74, 6) is 0. The monoisotopic (exact) mass is 146 g/mol. The van der Waals surface area contributed by atoms with E-state index in [1.54, 1.807) is 0 Å². The van der Waals surface area contributed by atoms with Crippen molar-refractivity contribution >= 4 is 11.3 Å². The molecule has 9 heavy (non-hydrogen) atoms. The van der Waals surface area contributed by atoms with Crippen molar-refractivity contribution in [3.63, 3.8) is 0 Å². The molecular weight excluding hydrogens is 142 g/mol. The number of rotatable bonds is 2. The molecule has 1 aromatic heterocycles. The molecule has 0 spiro atoms. The largest absolute Gasteiger partial charge is 0.754 e. The van der Waals surface area contributed by atoms with E-state index >= 15 is 0 Å². The summed E-state index contributed by atoms with van der Waals surface area (Å²) in [5, 5.41) is 0. The maximum atomic E-state index is 9.91. The molecule has 1 N–H and O–H groups in total. The first-order valence-electron chi connectivity index (χ1n) is 2.13. The molecule has 50 valence electrons. The third-order valence-electron chi connectivity index (χ3n) is 0.684. The molecule has 1 unspecified atom stereocenters. The van der Waals surface area contributed by atoms with Crippen LogP contribution < -0.4 is 4.83 Å². The number of imidazole rings is 1. The summed E-state index contributed by atoms with van der Waals surface area (Å²) in [6.07, 6.45) is 4.30. The fraction of sp³-hybridized carbons (Fsp3) is 0. The van der Waals surface area contributed by atoms with Crippen LogP contribution >= 0.6 is 0 Å². The van der Waals surface area contributed by atoms with Crippen molar-refractivity contribution in [2.45, 2.75) is 0 Å². The van der Waals surface area contributed by atoms with E-state index in [2.05, 4.69) is 9.82 Å². The fourth-order valence-corrected chi connectivity index (χ4v) is 0.679. The van der Waals surface area contributed by atoms with E-state index in [-0.39, 0.29) is 0 Å². The van der Waals surface area contributed by atoms with Gasteiger partial charge in [0.05, 0.1) is 11.3 Å². The molecule has 0 radical (unpaired) electrons. The number of aromatic nitrogens is 2. The molecule has 0 amide bonds. The van der Waals surface area contributed by atoms with Crippen molar-refractivity contribution in [1.82, 2.24) is 9.66 Å². The van der Waals surface area contributed by atoms with Crippen LogP contribution in [0, 0.1) is 0 Å². The van der Waals surface area contributed by atoms with E-state index in [0.29, 0.717) is 0 Å². The second kappa shape index (κ2) is 2.60. The Morgan fingerprint density at radius 3 is 3.00 bits per heavy atom. The molecule has 1 heterocycles. The smallest absolute Gasteiger partial charge is 0.115 e. The van der Waals surface area contributed by atoms with Gasteiger partial charge in [0.2, 0.25) is 0 Å². The zero-order chi connectivity index (χ0) is 6.69. The summed E-state index contributed by atoms with van der Waals surface area (Å²) >= 11 is -2.27. The summed E-state index contributed by atoms with van der Waals surface area (Å²) in [6, 6.07) is 0. The quantitative estimate of drug-likeness (QED) is 0.556. The van der Waals surface area contributed by atoms with Crippen LogP contribution in [-0.2, 0) is 11.3 Å². The van der Waals surface area contributed by atoms with Gasteiger partial charge in [-0.15, -0.1) is 0 Å². The van der Waals surface area contributed by atoms with E-state index in [0.717, 1.165) is 0 Å². The average Bonchev–Trinajstić information content (AvgIpc) is 2.15. The van der Waals surface area contributed by atoms with Gasteiger partial charge in [0.25, 0.3) is 0 Å². The Bertz CT molecular complexity index is 197. The maximum absolute atomic E-state index is 9.91. The number of hydrogen-bond donors (Lipinski definition) is 1. The molecule has 0 fully saturated rings. The third kappa shape index (κ3) is 1.82. The Labute approximate surface area is 54.1 Å². The van der Waals surface area contributed by atoms with E-state index in [1.165, 1.54) is 23.4 Å². The molecule has 1 rings (SSSR count). The van der Waals surface area contributed by atoms with Crippen molar-refractivity contribution in [3.8, 4) is 0 Å². The predicted molar refractivity (Wildman–Crippen MR) is 30.5 cm³/mol. The minimum atomic E-state index is -2.27. The summed E-state index contributed by atoms with van der Waals surface area (Å²) in [6.45, 7) is 0. The molecule has 0 bridgehead atoms. The summed E-state index contributed by atoms with van der Waals surface area (Å²) in [7, 11) is 0. The third-order valence-corrected chi connectivity index (χ3v) is 1.04. The van der Waals surface area contributed by atoms with Crippen LogP contribution in [0.25, 0.3) is 0 Å². The van der Waals surface area contributed by atoms with Gasteiger partial charge in [-0.2, -0.15) is 0 Å². The first-order chi connectivity index (χ1) is 4.29. The van der Waals surface area contributed by atoms with Crippen LogP contribution in [0.1, 0.15) is 0 Å². The van der Waals surface area contributed by atoms with Crippen LogP contribution in [0.2, 0.25) is 0 Å². The molecule has 1 atom stereocenters. The highest BCUT2D eigenvalue weighted by Crippen LogP contribution is 1.79. The van der Waals surface area contributed by atoms with Crippen molar-refractivity contribution in [2.75, 3.05) is 4.83 Å². The number of hydrogen-bond acceptors (Lipinski definition) is 3. The van der Waals surface area contributed by atoms with Gasteiger partial charge in [-0.25, -0.2) is 9.66 Å². The second-order valence-electron chi connectivity index (χ2n) is 1.30. The van der Waals surface area contributed by atoms with E-state index in [9.17, 15) is 8.76 Å². The van der Waals surface area contributed by atoms with Gasteiger partial charge in [0.15, 0.2) is 0 Å². The van der Waals surface area contributed by atoms with Gasteiger partial charge in [-0.1, -0.05) is 0 Å². The van der Waals surface area contributed by atoms with Crippen LogP contribution in [0.4, 0.5) is 0 Å². The lowest BCUT2D eigenvalue weighted by atomic mass is 11.0. The second-order valence-corrected chi connectivity index (χ2v) is 1.95. The van der Waals surface area contributed by atoms with Gasteiger partial charge in [-0.05, 0) is 0 Å². The highest BCUT2D eigenvalue weighted by atomic mass is 32.2. The molecule has 6 heteroatoms. The normalized spacial score (nSPS) is 13.0.